The highest BCUT2D eigenvalue weighted by Gasteiger charge is 2.29. The third-order valence-corrected chi connectivity index (χ3v) is 3.49. The molecule has 0 bridgehead atoms. The number of nitrogens with one attached hydrogen (secondary N) is 1. The van der Waals surface area contributed by atoms with Gasteiger partial charge in [0.2, 0.25) is 0 Å². The molecule has 1 fully saturated rings. The fourth-order valence-electron chi connectivity index (χ4n) is 2.57. The summed E-state index contributed by atoms with van der Waals surface area (Å²) in [5.41, 5.74) is -0.402. The smallest absolute Gasteiger partial charge is 0.410 e. The number of nitrogens with zero attached hydrogens (tertiary/aromatic N) is 1. The Balaban J connectivity index is 2.38. The molecule has 0 aromatic rings. The topological polar surface area (TPSA) is 41.6 Å². The Labute approximate surface area is 117 Å². The summed E-state index contributed by atoms with van der Waals surface area (Å²) in [6.45, 7) is 13.9. The Morgan fingerprint density at radius 3 is 2.16 bits per heavy atom. The maximum atomic E-state index is 12.0. The first-order valence-corrected chi connectivity index (χ1v) is 7.43. The van der Waals surface area contributed by atoms with Gasteiger partial charge in [0, 0.05) is 25.2 Å². The molecule has 1 saturated heterocycles. The first-order chi connectivity index (χ1) is 8.69. The van der Waals surface area contributed by atoms with E-state index in [4.69, 9.17) is 4.74 Å². The molecule has 0 spiro atoms. The van der Waals surface area contributed by atoms with Crippen LogP contribution in [0.25, 0.3) is 0 Å². The predicted molar refractivity (Wildman–Crippen MR) is 78.3 cm³/mol. The zero-order valence-corrected chi connectivity index (χ0v) is 13.3. The molecule has 1 aliphatic rings. The number of hydrogen-bond acceptors (Lipinski definition) is 3. The van der Waals surface area contributed by atoms with E-state index in [1.807, 2.05) is 25.7 Å². The lowest BCUT2D eigenvalue weighted by molar-refractivity contribution is 0.0170. The van der Waals surface area contributed by atoms with Gasteiger partial charge in [0.15, 0.2) is 0 Å². The highest BCUT2D eigenvalue weighted by molar-refractivity contribution is 5.68. The largest absolute Gasteiger partial charge is 0.444 e. The van der Waals surface area contributed by atoms with Gasteiger partial charge in [-0.25, -0.2) is 4.79 Å². The van der Waals surface area contributed by atoms with E-state index in [0.29, 0.717) is 18.0 Å². The molecular formula is C15H30N2O2. The van der Waals surface area contributed by atoms with Gasteiger partial charge < -0.3 is 15.0 Å². The summed E-state index contributed by atoms with van der Waals surface area (Å²) in [6.07, 6.45) is 1.94. The molecule has 1 N–H and O–H groups in total. The van der Waals surface area contributed by atoms with Gasteiger partial charge in [0.25, 0.3) is 0 Å². The molecule has 0 aliphatic carbocycles. The van der Waals surface area contributed by atoms with Crippen LogP contribution in [-0.2, 0) is 4.74 Å². The fraction of sp³-hybridized carbons (Fsp3) is 0.933. The minimum absolute atomic E-state index is 0.171. The Morgan fingerprint density at radius 1 is 1.21 bits per heavy atom. The molecule has 19 heavy (non-hydrogen) atoms. The van der Waals surface area contributed by atoms with Crippen LogP contribution in [0.3, 0.4) is 0 Å². The third kappa shape index (κ3) is 5.81. The summed E-state index contributed by atoms with van der Waals surface area (Å²) in [7, 11) is 0. The summed E-state index contributed by atoms with van der Waals surface area (Å²) < 4.78 is 5.41. The van der Waals surface area contributed by atoms with Crippen molar-refractivity contribution >= 4 is 6.09 Å². The van der Waals surface area contributed by atoms with Gasteiger partial charge in [0.1, 0.15) is 5.60 Å². The first-order valence-electron chi connectivity index (χ1n) is 7.43. The van der Waals surface area contributed by atoms with E-state index in [-0.39, 0.29) is 6.09 Å². The quantitative estimate of drug-likeness (QED) is 0.857. The van der Waals surface area contributed by atoms with Crippen molar-refractivity contribution in [2.45, 2.75) is 72.1 Å². The molecule has 4 heteroatoms. The molecule has 1 rings (SSSR count). The van der Waals surface area contributed by atoms with Crippen molar-refractivity contribution in [3.8, 4) is 0 Å². The molecule has 0 aromatic heterocycles. The van der Waals surface area contributed by atoms with Crippen LogP contribution < -0.4 is 5.32 Å². The van der Waals surface area contributed by atoms with Crippen LogP contribution in [0.5, 0.6) is 0 Å². The van der Waals surface area contributed by atoms with Crippen molar-refractivity contribution in [2.75, 3.05) is 13.1 Å². The fourth-order valence-corrected chi connectivity index (χ4v) is 2.57. The Hall–Kier alpha value is -0.770. The number of rotatable bonds is 3. The minimum atomic E-state index is -0.402. The summed E-state index contributed by atoms with van der Waals surface area (Å²) in [5, 5.41) is 3.56. The van der Waals surface area contributed by atoms with Crippen LogP contribution in [0, 0.1) is 5.92 Å². The van der Waals surface area contributed by atoms with Gasteiger partial charge >= 0.3 is 6.09 Å². The van der Waals surface area contributed by atoms with Crippen molar-refractivity contribution < 1.29 is 9.53 Å². The highest BCUT2D eigenvalue weighted by atomic mass is 16.6. The van der Waals surface area contributed by atoms with Crippen molar-refractivity contribution in [1.82, 2.24) is 10.2 Å². The summed E-state index contributed by atoms with van der Waals surface area (Å²) in [5.74, 6) is 0.654. The zero-order valence-electron chi connectivity index (χ0n) is 13.3. The van der Waals surface area contributed by atoms with Crippen LogP contribution in [0.1, 0.15) is 54.4 Å². The van der Waals surface area contributed by atoms with E-state index < -0.39 is 5.60 Å². The Morgan fingerprint density at radius 2 is 1.74 bits per heavy atom. The average Bonchev–Trinajstić information content (AvgIpc) is 2.26. The van der Waals surface area contributed by atoms with E-state index in [9.17, 15) is 4.79 Å². The predicted octanol–water partition coefficient (Wildman–Crippen LogP) is 3.02. The second kappa shape index (κ2) is 6.60. The first kappa shape index (κ1) is 16.3. The lowest BCUT2D eigenvalue weighted by Gasteiger charge is -2.36. The molecular weight excluding hydrogens is 240 g/mol. The average molecular weight is 270 g/mol. The molecule has 112 valence electrons. The normalized spacial score (nSPS) is 19.6. The monoisotopic (exact) mass is 270 g/mol. The van der Waals surface area contributed by atoms with Crippen LogP contribution in [0.15, 0.2) is 0 Å². The summed E-state index contributed by atoms with van der Waals surface area (Å²) in [6, 6.07) is 1.03. The van der Waals surface area contributed by atoms with Crippen LogP contribution >= 0.6 is 0 Å². The number of likely N-dealkylation sites (tertiary alicyclic amines) is 1. The molecule has 0 radical (unpaired) electrons. The molecule has 1 atom stereocenters. The van der Waals surface area contributed by atoms with Crippen molar-refractivity contribution in [3.05, 3.63) is 0 Å². The number of carbonyl (C=O) groups is 1. The molecule has 1 heterocycles. The van der Waals surface area contributed by atoms with Crippen molar-refractivity contribution in [1.29, 1.82) is 0 Å². The molecule has 0 saturated carbocycles. The lowest BCUT2D eigenvalue weighted by atomic mass is 9.90. The van der Waals surface area contributed by atoms with Gasteiger partial charge in [0.05, 0.1) is 0 Å². The SMILES string of the molecule is CC(C)N[C@H](C)C1CCN(C(=O)OC(C)(C)C)CC1. The van der Waals surface area contributed by atoms with Gasteiger partial charge in [-0.3, -0.25) is 0 Å². The van der Waals surface area contributed by atoms with E-state index in [1.54, 1.807) is 0 Å². The standard InChI is InChI=1S/C15H30N2O2/c1-11(2)16-12(3)13-7-9-17(10-8-13)14(18)19-15(4,5)6/h11-13,16H,7-10H2,1-6H3/t12-/m1/s1. The van der Waals surface area contributed by atoms with Crippen LogP contribution in [-0.4, -0.2) is 41.8 Å². The number of ether oxygens (including phenoxy) is 1. The number of amides is 1. The van der Waals surface area contributed by atoms with Gasteiger partial charge in [-0.2, -0.15) is 0 Å². The third-order valence-electron chi connectivity index (χ3n) is 3.49. The van der Waals surface area contributed by atoms with Crippen LogP contribution in [0.2, 0.25) is 0 Å². The maximum absolute atomic E-state index is 12.0. The summed E-state index contributed by atoms with van der Waals surface area (Å²) >= 11 is 0. The number of hydrogen-bond donors (Lipinski definition) is 1. The van der Waals surface area contributed by atoms with Crippen LogP contribution in [0.4, 0.5) is 4.79 Å². The van der Waals surface area contributed by atoms with Gasteiger partial charge in [-0.05, 0) is 46.5 Å². The molecule has 0 unspecified atom stereocenters. The molecule has 0 aromatic carbocycles. The van der Waals surface area contributed by atoms with E-state index >= 15 is 0 Å². The number of carbonyl (C=O) groups excluding carboxylic acids is 1. The Bertz CT molecular complexity index is 289. The summed E-state index contributed by atoms with van der Waals surface area (Å²) in [4.78, 5) is 13.8. The second-order valence-electron chi connectivity index (χ2n) is 6.91. The number of piperidine rings is 1. The second-order valence-corrected chi connectivity index (χ2v) is 6.91. The molecule has 1 aliphatic heterocycles. The lowest BCUT2D eigenvalue weighted by Crippen LogP contribution is -2.46. The van der Waals surface area contributed by atoms with E-state index in [0.717, 1.165) is 25.9 Å². The van der Waals surface area contributed by atoms with Crippen molar-refractivity contribution in [2.24, 2.45) is 5.92 Å². The molecule has 4 nitrogen and oxygen atoms in total. The zero-order chi connectivity index (χ0) is 14.6. The van der Waals surface area contributed by atoms with Gasteiger partial charge in [-0.15, -0.1) is 0 Å². The highest BCUT2D eigenvalue weighted by Crippen LogP contribution is 2.22. The van der Waals surface area contributed by atoms with E-state index in [1.165, 1.54) is 0 Å². The van der Waals surface area contributed by atoms with Crippen molar-refractivity contribution in [3.63, 3.8) is 0 Å². The van der Waals surface area contributed by atoms with E-state index in [2.05, 4.69) is 26.1 Å². The molecule has 1 amide bonds. The van der Waals surface area contributed by atoms with Gasteiger partial charge in [-0.1, -0.05) is 13.8 Å². The minimum Gasteiger partial charge on any atom is -0.444 e. The Kier molecular flexibility index (Phi) is 5.65. The maximum Gasteiger partial charge on any atom is 0.410 e.